The summed E-state index contributed by atoms with van der Waals surface area (Å²) in [5, 5.41) is 5.49. The molecular weight excluding hydrogens is 214 g/mol. The van der Waals surface area contributed by atoms with E-state index in [1.165, 1.54) is 19.3 Å². The summed E-state index contributed by atoms with van der Waals surface area (Å²) in [7, 11) is 0. The number of aromatic nitrogens is 2. The predicted octanol–water partition coefficient (Wildman–Crippen LogP) is 2.11. The highest BCUT2D eigenvalue weighted by Gasteiger charge is 2.10. The van der Waals surface area contributed by atoms with Crippen LogP contribution in [0.25, 0.3) is 0 Å². The minimum absolute atomic E-state index is 0.875. The zero-order chi connectivity index (χ0) is 11.9. The number of anilines is 2. The Labute approximate surface area is 103 Å². The quantitative estimate of drug-likeness (QED) is 0.818. The summed E-state index contributed by atoms with van der Waals surface area (Å²) in [5.74, 6) is 1.77. The van der Waals surface area contributed by atoms with Crippen LogP contribution >= 0.6 is 0 Å². The molecule has 1 fully saturated rings. The van der Waals surface area contributed by atoms with E-state index in [9.17, 15) is 0 Å². The lowest BCUT2D eigenvalue weighted by Gasteiger charge is -2.27. The Morgan fingerprint density at radius 1 is 1.18 bits per heavy atom. The zero-order valence-electron chi connectivity index (χ0n) is 10.4. The van der Waals surface area contributed by atoms with Crippen LogP contribution in [0.3, 0.4) is 0 Å². The molecule has 1 aromatic rings. The van der Waals surface area contributed by atoms with Gasteiger partial charge in [0.25, 0.3) is 0 Å². The van der Waals surface area contributed by atoms with Crippen LogP contribution in [0, 0.1) is 0 Å². The molecule has 0 atom stereocenters. The van der Waals surface area contributed by atoms with Gasteiger partial charge >= 0.3 is 0 Å². The van der Waals surface area contributed by atoms with Crippen LogP contribution in [-0.4, -0.2) is 34.6 Å². The first kappa shape index (κ1) is 12.1. The van der Waals surface area contributed by atoms with Crippen LogP contribution < -0.4 is 10.7 Å². The Kier molecular flexibility index (Phi) is 4.55. The molecule has 1 aromatic heterocycles. The highest BCUT2D eigenvalue weighted by Crippen LogP contribution is 2.13. The van der Waals surface area contributed by atoms with Crippen LogP contribution in [0.15, 0.2) is 12.4 Å². The highest BCUT2D eigenvalue weighted by atomic mass is 15.5. The lowest BCUT2D eigenvalue weighted by Crippen LogP contribution is -2.35. The molecule has 5 nitrogen and oxygen atoms in total. The molecule has 1 aliphatic rings. The average molecular weight is 235 g/mol. The zero-order valence-corrected chi connectivity index (χ0v) is 10.4. The Morgan fingerprint density at radius 2 is 1.94 bits per heavy atom. The van der Waals surface area contributed by atoms with E-state index < -0.39 is 0 Å². The number of hydrogen-bond donors (Lipinski definition) is 2. The average Bonchev–Trinajstić information content (AvgIpc) is 2.38. The third-order valence-corrected chi connectivity index (χ3v) is 2.85. The highest BCUT2D eigenvalue weighted by molar-refractivity contribution is 5.45. The second-order valence-electron chi connectivity index (χ2n) is 4.37. The van der Waals surface area contributed by atoms with Crippen molar-refractivity contribution in [1.82, 2.24) is 15.0 Å². The number of piperidine rings is 1. The molecule has 0 amide bonds. The van der Waals surface area contributed by atoms with Crippen LogP contribution in [0.2, 0.25) is 0 Å². The number of hydrazine groups is 1. The minimum atomic E-state index is 0.875. The summed E-state index contributed by atoms with van der Waals surface area (Å²) in [6.45, 7) is 5.28. The molecule has 0 spiro atoms. The first-order chi connectivity index (χ1) is 8.38. The van der Waals surface area contributed by atoms with E-state index in [4.69, 9.17) is 0 Å². The van der Waals surface area contributed by atoms with E-state index in [0.717, 1.165) is 37.7 Å². The lowest BCUT2D eigenvalue weighted by atomic mass is 10.2. The van der Waals surface area contributed by atoms with Gasteiger partial charge in [0.2, 0.25) is 0 Å². The largest absolute Gasteiger partial charge is 0.370 e. The summed E-state index contributed by atoms with van der Waals surface area (Å²) in [6, 6.07) is 1.96. The molecule has 0 unspecified atom stereocenters. The van der Waals surface area contributed by atoms with E-state index in [2.05, 4.69) is 32.6 Å². The van der Waals surface area contributed by atoms with Gasteiger partial charge in [-0.3, -0.25) is 0 Å². The Bertz CT molecular complexity index is 335. The van der Waals surface area contributed by atoms with Gasteiger partial charge in [-0.2, -0.15) is 0 Å². The van der Waals surface area contributed by atoms with Crippen molar-refractivity contribution in [3.8, 4) is 0 Å². The fraction of sp³-hybridized carbons (Fsp3) is 0.667. The molecule has 1 saturated heterocycles. The Hall–Kier alpha value is -1.36. The molecule has 0 aliphatic carbocycles. The molecule has 0 saturated carbocycles. The minimum Gasteiger partial charge on any atom is -0.370 e. The lowest BCUT2D eigenvalue weighted by molar-refractivity contribution is 0.272. The standard InChI is InChI=1S/C12H21N5/c1-2-6-13-11-9-12(15-10-14-11)16-17-7-4-3-5-8-17/h9-10H,2-8H2,1H3,(H2,13,14,15,16). The third kappa shape index (κ3) is 3.85. The van der Waals surface area contributed by atoms with Crippen LogP contribution in [0.1, 0.15) is 32.6 Å². The fourth-order valence-corrected chi connectivity index (χ4v) is 1.94. The first-order valence-corrected chi connectivity index (χ1v) is 6.46. The van der Waals surface area contributed by atoms with E-state index in [1.807, 2.05) is 6.07 Å². The molecule has 5 heteroatoms. The molecule has 17 heavy (non-hydrogen) atoms. The number of nitrogens with one attached hydrogen (secondary N) is 2. The smallest absolute Gasteiger partial charge is 0.145 e. The van der Waals surface area contributed by atoms with E-state index in [-0.39, 0.29) is 0 Å². The van der Waals surface area contributed by atoms with Crippen LogP contribution in [-0.2, 0) is 0 Å². The molecule has 2 rings (SSSR count). The summed E-state index contributed by atoms with van der Waals surface area (Å²) >= 11 is 0. The van der Waals surface area contributed by atoms with Crippen molar-refractivity contribution in [2.45, 2.75) is 32.6 Å². The van der Waals surface area contributed by atoms with Gasteiger partial charge in [0, 0.05) is 25.7 Å². The number of hydrogen-bond acceptors (Lipinski definition) is 5. The molecule has 2 N–H and O–H groups in total. The van der Waals surface area contributed by atoms with Gasteiger partial charge in [0.05, 0.1) is 0 Å². The molecule has 1 aliphatic heterocycles. The van der Waals surface area contributed by atoms with Crippen molar-refractivity contribution in [2.75, 3.05) is 30.4 Å². The summed E-state index contributed by atoms with van der Waals surface area (Å²) in [5.41, 5.74) is 3.34. The summed E-state index contributed by atoms with van der Waals surface area (Å²) in [4.78, 5) is 8.43. The van der Waals surface area contributed by atoms with Gasteiger partial charge in [-0.1, -0.05) is 13.3 Å². The van der Waals surface area contributed by atoms with Gasteiger partial charge in [-0.05, 0) is 19.3 Å². The molecule has 2 heterocycles. The van der Waals surface area contributed by atoms with Crippen molar-refractivity contribution in [1.29, 1.82) is 0 Å². The van der Waals surface area contributed by atoms with Crippen LogP contribution in [0.5, 0.6) is 0 Å². The van der Waals surface area contributed by atoms with E-state index in [0.29, 0.717) is 0 Å². The normalized spacial score (nSPS) is 16.8. The number of nitrogens with zero attached hydrogens (tertiary/aromatic N) is 3. The molecule has 94 valence electrons. The first-order valence-electron chi connectivity index (χ1n) is 6.46. The maximum absolute atomic E-state index is 4.24. The van der Waals surface area contributed by atoms with Gasteiger partial charge in [-0.15, -0.1) is 0 Å². The SMILES string of the molecule is CCCNc1cc(NN2CCCCC2)ncn1. The molecule has 0 aromatic carbocycles. The van der Waals surface area contributed by atoms with Crippen LogP contribution in [0.4, 0.5) is 11.6 Å². The maximum Gasteiger partial charge on any atom is 0.145 e. The van der Waals surface area contributed by atoms with Crippen molar-refractivity contribution in [3.05, 3.63) is 12.4 Å². The Morgan fingerprint density at radius 3 is 2.71 bits per heavy atom. The molecule has 0 radical (unpaired) electrons. The topological polar surface area (TPSA) is 53.1 Å². The van der Waals surface area contributed by atoms with Gasteiger partial charge in [0.15, 0.2) is 0 Å². The fourth-order valence-electron chi connectivity index (χ4n) is 1.94. The Balaban J connectivity index is 1.90. The van der Waals surface area contributed by atoms with Crippen molar-refractivity contribution >= 4 is 11.6 Å². The van der Waals surface area contributed by atoms with Crippen molar-refractivity contribution in [2.24, 2.45) is 0 Å². The van der Waals surface area contributed by atoms with E-state index in [1.54, 1.807) is 6.33 Å². The van der Waals surface area contributed by atoms with Crippen molar-refractivity contribution < 1.29 is 0 Å². The second kappa shape index (κ2) is 6.39. The molecular formula is C12H21N5. The monoisotopic (exact) mass is 235 g/mol. The maximum atomic E-state index is 4.24. The van der Waals surface area contributed by atoms with Crippen molar-refractivity contribution in [3.63, 3.8) is 0 Å². The van der Waals surface area contributed by atoms with E-state index >= 15 is 0 Å². The summed E-state index contributed by atoms with van der Waals surface area (Å²) in [6.07, 6.45) is 6.56. The number of rotatable bonds is 5. The molecule has 0 bridgehead atoms. The summed E-state index contributed by atoms with van der Waals surface area (Å²) < 4.78 is 0. The van der Waals surface area contributed by atoms with Gasteiger partial charge in [0.1, 0.15) is 18.0 Å². The van der Waals surface area contributed by atoms with Gasteiger partial charge < -0.3 is 10.7 Å². The van der Waals surface area contributed by atoms with Gasteiger partial charge in [-0.25, -0.2) is 15.0 Å². The third-order valence-electron chi connectivity index (χ3n) is 2.85. The second-order valence-corrected chi connectivity index (χ2v) is 4.37. The predicted molar refractivity (Wildman–Crippen MR) is 69.9 cm³/mol.